The van der Waals surface area contributed by atoms with Crippen LogP contribution in [0.3, 0.4) is 0 Å². The number of rotatable bonds is 6. The fraction of sp³-hybridized carbons (Fsp3) is 0.294. The molecule has 0 bridgehead atoms. The van der Waals surface area contributed by atoms with Gasteiger partial charge in [0.05, 0.1) is 22.2 Å². The van der Waals surface area contributed by atoms with Gasteiger partial charge in [0.25, 0.3) is 10.0 Å². The molecule has 2 aromatic rings. The van der Waals surface area contributed by atoms with Gasteiger partial charge < -0.3 is 4.74 Å². The summed E-state index contributed by atoms with van der Waals surface area (Å²) < 4.78 is 33.0. The van der Waals surface area contributed by atoms with E-state index in [-0.39, 0.29) is 4.90 Å². The lowest BCUT2D eigenvalue weighted by Gasteiger charge is -2.23. The molecule has 0 fully saturated rings. The molecule has 23 heavy (non-hydrogen) atoms. The summed E-state index contributed by atoms with van der Waals surface area (Å²) in [6.45, 7) is 4.25. The Labute approximate surface area is 146 Å². The van der Waals surface area contributed by atoms with Crippen LogP contribution >= 0.6 is 15.9 Å². The second kappa shape index (κ2) is 7.36. The molecule has 0 aromatic heterocycles. The molecule has 4 nitrogen and oxygen atoms in total. The average Bonchev–Trinajstić information content (AvgIpc) is 2.55. The highest BCUT2D eigenvalue weighted by Crippen LogP contribution is 2.30. The third-order valence-electron chi connectivity index (χ3n) is 3.63. The Morgan fingerprint density at radius 3 is 2.22 bits per heavy atom. The van der Waals surface area contributed by atoms with Crippen LogP contribution in [0.25, 0.3) is 0 Å². The highest BCUT2D eigenvalue weighted by molar-refractivity contribution is 9.10. The Bertz CT molecular complexity index is 773. The van der Waals surface area contributed by atoms with Crippen LogP contribution in [0.5, 0.6) is 5.75 Å². The lowest BCUT2D eigenvalue weighted by Crippen LogP contribution is -2.30. The van der Waals surface area contributed by atoms with Crippen molar-refractivity contribution in [3.05, 3.63) is 52.5 Å². The second-order valence-corrected chi connectivity index (χ2v) is 7.70. The number of hydrogen-bond acceptors (Lipinski definition) is 3. The van der Waals surface area contributed by atoms with Crippen LogP contribution in [-0.2, 0) is 16.4 Å². The summed E-state index contributed by atoms with van der Waals surface area (Å²) in [6, 6.07) is 12.4. The first-order valence-corrected chi connectivity index (χ1v) is 9.62. The van der Waals surface area contributed by atoms with Crippen molar-refractivity contribution in [1.29, 1.82) is 0 Å². The van der Waals surface area contributed by atoms with Crippen molar-refractivity contribution in [2.45, 2.75) is 25.2 Å². The predicted molar refractivity (Wildman–Crippen MR) is 96.7 cm³/mol. The number of methoxy groups -OCH3 is 1. The van der Waals surface area contributed by atoms with Crippen molar-refractivity contribution in [3.63, 3.8) is 0 Å². The van der Waals surface area contributed by atoms with Crippen molar-refractivity contribution < 1.29 is 13.2 Å². The number of sulfonamides is 1. The zero-order chi connectivity index (χ0) is 17.0. The average molecular weight is 398 g/mol. The first kappa shape index (κ1) is 17.8. The summed E-state index contributed by atoms with van der Waals surface area (Å²) in [7, 11) is -2.08. The molecule has 0 aliphatic carbocycles. The monoisotopic (exact) mass is 397 g/mol. The van der Waals surface area contributed by atoms with Crippen molar-refractivity contribution in [2.24, 2.45) is 0 Å². The molecule has 0 amide bonds. The number of nitrogens with zero attached hydrogens (tertiary/aromatic N) is 1. The summed E-state index contributed by atoms with van der Waals surface area (Å²) in [5, 5.41) is 0. The van der Waals surface area contributed by atoms with E-state index in [9.17, 15) is 8.42 Å². The third-order valence-corrected chi connectivity index (χ3v) is 6.15. The van der Waals surface area contributed by atoms with E-state index in [1.54, 1.807) is 25.3 Å². The fourth-order valence-electron chi connectivity index (χ4n) is 2.32. The van der Waals surface area contributed by atoms with Crippen molar-refractivity contribution in [1.82, 2.24) is 0 Å². The summed E-state index contributed by atoms with van der Waals surface area (Å²) in [4.78, 5) is 0.228. The molecule has 0 spiro atoms. The van der Waals surface area contributed by atoms with E-state index in [0.717, 1.165) is 6.42 Å². The van der Waals surface area contributed by atoms with E-state index in [1.807, 2.05) is 31.2 Å². The largest absolute Gasteiger partial charge is 0.496 e. The van der Waals surface area contributed by atoms with Gasteiger partial charge in [0.1, 0.15) is 5.75 Å². The van der Waals surface area contributed by atoms with Gasteiger partial charge >= 0.3 is 0 Å². The molecular formula is C17H20BrNO3S. The summed E-state index contributed by atoms with van der Waals surface area (Å²) >= 11 is 3.34. The van der Waals surface area contributed by atoms with Gasteiger partial charge in [-0.15, -0.1) is 0 Å². The second-order valence-electron chi connectivity index (χ2n) is 4.99. The van der Waals surface area contributed by atoms with Gasteiger partial charge in [0.15, 0.2) is 0 Å². The van der Waals surface area contributed by atoms with Crippen LogP contribution in [0.15, 0.2) is 51.8 Å². The summed E-state index contributed by atoms with van der Waals surface area (Å²) in [5.74, 6) is 0.597. The van der Waals surface area contributed by atoms with Gasteiger partial charge in [-0.3, -0.25) is 4.31 Å². The zero-order valence-corrected chi connectivity index (χ0v) is 15.8. The van der Waals surface area contributed by atoms with E-state index in [2.05, 4.69) is 22.9 Å². The maximum atomic E-state index is 12.9. The van der Waals surface area contributed by atoms with E-state index in [1.165, 1.54) is 9.87 Å². The third kappa shape index (κ3) is 3.70. The lowest BCUT2D eigenvalue weighted by atomic mass is 10.1. The molecule has 0 aliphatic rings. The molecule has 6 heteroatoms. The van der Waals surface area contributed by atoms with Gasteiger partial charge in [-0.2, -0.15) is 0 Å². The Hall–Kier alpha value is -1.53. The van der Waals surface area contributed by atoms with E-state index >= 15 is 0 Å². The standard InChI is InChI=1S/C17H20BrNO3S/c1-4-13-6-8-14(9-7-13)19(5-2)23(20,21)15-10-11-17(22-3)16(18)12-15/h6-12H,4-5H2,1-3H3. The number of halogens is 1. The lowest BCUT2D eigenvalue weighted by molar-refractivity contribution is 0.411. The van der Waals surface area contributed by atoms with Crippen molar-refractivity contribution in [3.8, 4) is 5.75 Å². The van der Waals surface area contributed by atoms with Crippen LogP contribution < -0.4 is 9.04 Å². The Morgan fingerprint density at radius 1 is 1.09 bits per heavy atom. The van der Waals surface area contributed by atoms with Crippen molar-refractivity contribution in [2.75, 3.05) is 18.0 Å². The minimum Gasteiger partial charge on any atom is -0.496 e. The van der Waals surface area contributed by atoms with Gasteiger partial charge in [-0.1, -0.05) is 19.1 Å². The highest BCUT2D eigenvalue weighted by Gasteiger charge is 2.24. The molecule has 2 rings (SSSR count). The van der Waals surface area contributed by atoms with E-state index in [0.29, 0.717) is 22.5 Å². The topological polar surface area (TPSA) is 46.6 Å². The Balaban J connectivity index is 2.43. The molecule has 2 aromatic carbocycles. The molecule has 0 radical (unpaired) electrons. The highest BCUT2D eigenvalue weighted by atomic mass is 79.9. The van der Waals surface area contributed by atoms with Crippen LogP contribution in [0.4, 0.5) is 5.69 Å². The molecule has 0 aliphatic heterocycles. The van der Waals surface area contributed by atoms with Crippen LogP contribution in [0.2, 0.25) is 0 Å². The van der Waals surface area contributed by atoms with Gasteiger partial charge in [-0.25, -0.2) is 8.42 Å². The number of ether oxygens (including phenoxy) is 1. The zero-order valence-electron chi connectivity index (χ0n) is 13.4. The molecule has 124 valence electrons. The maximum Gasteiger partial charge on any atom is 0.264 e. The molecule has 0 heterocycles. The number of aryl methyl sites for hydroxylation is 1. The fourth-order valence-corrected chi connectivity index (χ4v) is 4.52. The molecule has 0 N–H and O–H groups in total. The van der Waals surface area contributed by atoms with Crippen LogP contribution in [-0.4, -0.2) is 22.1 Å². The Morgan fingerprint density at radius 2 is 1.74 bits per heavy atom. The minimum absolute atomic E-state index is 0.228. The maximum absolute atomic E-state index is 12.9. The summed E-state index contributed by atoms with van der Waals surface area (Å²) in [5.41, 5.74) is 1.84. The van der Waals surface area contributed by atoms with Crippen LogP contribution in [0, 0.1) is 0 Å². The van der Waals surface area contributed by atoms with Crippen molar-refractivity contribution >= 4 is 31.6 Å². The number of hydrogen-bond donors (Lipinski definition) is 0. The van der Waals surface area contributed by atoms with Gasteiger partial charge in [-0.05, 0) is 65.2 Å². The molecule has 0 unspecified atom stereocenters. The molecular weight excluding hydrogens is 378 g/mol. The SMILES string of the molecule is CCc1ccc(N(CC)S(=O)(=O)c2ccc(OC)c(Br)c2)cc1. The van der Waals surface area contributed by atoms with Gasteiger partial charge in [0.2, 0.25) is 0 Å². The minimum atomic E-state index is -3.62. The quantitative estimate of drug-likeness (QED) is 0.732. The molecule has 0 saturated carbocycles. The normalized spacial score (nSPS) is 11.3. The number of anilines is 1. The molecule has 0 saturated heterocycles. The first-order valence-electron chi connectivity index (χ1n) is 7.39. The van der Waals surface area contributed by atoms with E-state index < -0.39 is 10.0 Å². The first-order chi connectivity index (χ1) is 10.9. The van der Waals surface area contributed by atoms with Gasteiger partial charge in [0, 0.05) is 6.54 Å². The number of benzene rings is 2. The smallest absolute Gasteiger partial charge is 0.264 e. The summed E-state index contributed by atoms with van der Waals surface area (Å²) in [6.07, 6.45) is 0.921. The van der Waals surface area contributed by atoms with Crippen LogP contribution in [0.1, 0.15) is 19.4 Å². The molecule has 0 atom stereocenters. The predicted octanol–water partition coefficient (Wildman–Crippen LogP) is 4.24. The Kier molecular flexibility index (Phi) is 5.70. The van der Waals surface area contributed by atoms with E-state index in [4.69, 9.17) is 4.74 Å².